The molecule has 1 unspecified atom stereocenters. The van der Waals surface area contributed by atoms with E-state index in [9.17, 15) is 8.42 Å². The average molecular weight is 342 g/mol. The summed E-state index contributed by atoms with van der Waals surface area (Å²) in [6, 6.07) is 0. The van der Waals surface area contributed by atoms with Crippen molar-refractivity contribution in [1.82, 2.24) is 9.88 Å². The van der Waals surface area contributed by atoms with E-state index in [1.54, 1.807) is 6.20 Å². The lowest BCUT2D eigenvalue weighted by Crippen LogP contribution is -2.56. The second-order valence-electron chi connectivity index (χ2n) is 6.90. The highest BCUT2D eigenvalue weighted by Gasteiger charge is 2.45. The fraction of sp³-hybridized carbons (Fsp3) is 0.812. The Balaban J connectivity index is 1.85. The Morgan fingerprint density at radius 2 is 2.09 bits per heavy atom. The molecule has 6 nitrogen and oxygen atoms in total. The van der Waals surface area contributed by atoms with Gasteiger partial charge in [-0.1, -0.05) is 19.3 Å². The zero-order valence-electron chi connectivity index (χ0n) is 14.0. The molecule has 0 amide bonds. The lowest BCUT2D eigenvalue weighted by atomic mass is 9.79. The molecule has 1 atom stereocenters. The average Bonchev–Trinajstić information content (AvgIpc) is 2.94. The third kappa shape index (κ3) is 3.78. The van der Waals surface area contributed by atoms with Gasteiger partial charge in [0.05, 0.1) is 30.2 Å². The zero-order chi connectivity index (χ0) is 16.5. The molecule has 1 aromatic rings. The molecule has 1 aliphatic carbocycles. The van der Waals surface area contributed by atoms with E-state index in [0.717, 1.165) is 43.9 Å². The topological polar surface area (TPSA) is 72.6 Å². The standard InChI is InChI=1S/C16H26N2O4S/c1-13-10-17-15(22-13)16(6-4-3-5-7-16)18-8-9-21-14(11-18)12-23(2,19)20/h10,14H,3-9,11-12H2,1-2H3. The van der Waals surface area contributed by atoms with Crippen molar-refractivity contribution >= 4 is 9.84 Å². The second kappa shape index (κ2) is 6.53. The normalized spacial score (nSPS) is 26.3. The van der Waals surface area contributed by atoms with Crippen LogP contribution in [0.5, 0.6) is 0 Å². The number of morpholine rings is 1. The monoisotopic (exact) mass is 342 g/mol. The molecule has 0 spiro atoms. The third-order valence-corrected chi connectivity index (χ3v) is 5.91. The van der Waals surface area contributed by atoms with Crippen LogP contribution in [0.15, 0.2) is 10.6 Å². The summed E-state index contributed by atoms with van der Waals surface area (Å²) in [4.78, 5) is 6.88. The number of nitrogens with zero attached hydrogens (tertiary/aromatic N) is 2. The van der Waals surface area contributed by atoms with Gasteiger partial charge in [-0.25, -0.2) is 13.4 Å². The molecule has 1 aromatic heterocycles. The van der Waals surface area contributed by atoms with Crippen LogP contribution in [0.1, 0.15) is 43.8 Å². The van der Waals surface area contributed by atoms with Crippen molar-refractivity contribution in [3.05, 3.63) is 17.8 Å². The molecular formula is C16H26N2O4S. The fourth-order valence-corrected chi connectivity index (χ4v) is 4.80. The molecule has 0 aromatic carbocycles. The SMILES string of the molecule is Cc1cnc(C2(N3CCOC(CS(C)(=O)=O)C3)CCCCC2)o1. The molecule has 1 aliphatic heterocycles. The Morgan fingerprint density at radius 3 is 2.70 bits per heavy atom. The van der Waals surface area contributed by atoms with Gasteiger partial charge in [-0.15, -0.1) is 0 Å². The number of ether oxygens (including phenoxy) is 1. The Kier molecular flexibility index (Phi) is 4.80. The maximum atomic E-state index is 11.6. The summed E-state index contributed by atoms with van der Waals surface area (Å²) in [7, 11) is -3.05. The quantitative estimate of drug-likeness (QED) is 0.832. The number of rotatable bonds is 4. The smallest absolute Gasteiger partial charge is 0.214 e. The minimum atomic E-state index is -3.05. The van der Waals surface area contributed by atoms with Gasteiger partial charge in [0.15, 0.2) is 0 Å². The van der Waals surface area contributed by atoms with Gasteiger partial charge in [0.25, 0.3) is 0 Å². The number of hydrogen-bond donors (Lipinski definition) is 0. The van der Waals surface area contributed by atoms with E-state index in [4.69, 9.17) is 9.15 Å². The number of hydrogen-bond acceptors (Lipinski definition) is 6. The molecule has 1 saturated carbocycles. The summed E-state index contributed by atoms with van der Waals surface area (Å²) in [6.07, 6.45) is 8.33. The molecule has 0 radical (unpaired) electrons. The van der Waals surface area contributed by atoms with Gasteiger partial charge in [0.2, 0.25) is 5.89 Å². The van der Waals surface area contributed by atoms with Gasteiger partial charge in [0, 0.05) is 19.3 Å². The van der Waals surface area contributed by atoms with Crippen LogP contribution >= 0.6 is 0 Å². The Bertz CT molecular complexity index is 634. The molecule has 3 rings (SSSR count). The number of aromatic nitrogens is 1. The molecule has 130 valence electrons. The molecular weight excluding hydrogens is 316 g/mol. The number of aryl methyl sites for hydroxylation is 1. The zero-order valence-corrected chi connectivity index (χ0v) is 14.8. The summed E-state index contributed by atoms with van der Waals surface area (Å²) in [6.45, 7) is 3.89. The van der Waals surface area contributed by atoms with Crippen molar-refractivity contribution in [1.29, 1.82) is 0 Å². The van der Waals surface area contributed by atoms with Crippen LogP contribution in [0.25, 0.3) is 0 Å². The molecule has 23 heavy (non-hydrogen) atoms. The largest absolute Gasteiger partial charge is 0.444 e. The lowest BCUT2D eigenvalue weighted by molar-refractivity contribution is -0.0829. The maximum absolute atomic E-state index is 11.6. The molecule has 0 N–H and O–H groups in total. The minimum Gasteiger partial charge on any atom is -0.444 e. The predicted octanol–water partition coefficient (Wildman–Crippen LogP) is 1.89. The van der Waals surface area contributed by atoms with E-state index in [0.29, 0.717) is 13.2 Å². The third-order valence-electron chi connectivity index (χ3n) is 4.93. The first kappa shape index (κ1) is 16.9. The fourth-order valence-electron chi connectivity index (χ4n) is 3.92. The molecule has 2 heterocycles. The van der Waals surface area contributed by atoms with Crippen LogP contribution in [0.2, 0.25) is 0 Å². The van der Waals surface area contributed by atoms with Crippen LogP contribution in [0.3, 0.4) is 0 Å². The van der Waals surface area contributed by atoms with Crippen molar-refractivity contribution < 1.29 is 17.6 Å². The highest BCUT2D eigenvalue weighted by atomic mass is 32.2. The molecule has 7 heteroatoms. The summed E-state index contributed by atoms with van der Waals surface area (Å²) < 4.78 is 34.8. The maximum Gasteiger partial charge on any atom is 0.214 e. The Hall–Kier alpha value is -0.920. The van der Waals surface area contributed by atoms with E-state index >= 15 is 0 Å². The van der Waals surface area contributed by atoms with Gasteiger partial charge in [-0.3, -0.25) is 4.90 Å². The van der Waals surface area contributed by atoms with Gasteiger partial charge < -0.3 is 9.15 Å². The van der Waals surface area contributed by atoms with Crippen molar-refractivity contribution in [3.8, 4) is 0 Å². The molecule has 0 bridgehead atoms. The van der Waals surface area contributed by atoms with E-state index in [1.165, 1.54) is 12.7 Å². The van der Waals surface area contributed by atoms with Crippen LogP contribution in [0, 0.1) is 6.92 Å². The van der Waals surface area contributed by atoms with E-state index in [2.05, 4.69) is 9.88 Å². The van der Waals surface area contributed by atoms with Crippen LogP contribution < -0.4 is 0 Å². The molecule has 2 aliphatic rings. The summed E-state index contributed by atoms with van der Waals surface area (Å²) >= 11 is 0. The highest BCUT2D eigenvalue weighted by molar-refractivity contribution is 7.90. The van der Waals surface area contributed by atoms with E-state index in [-0.39, 0.29) is 17.4 Å². The molecule has 1 saturated heterocycles. The van der Waals surface area contributed by atoms with Crippen LogP contribution in [-0.2, 0) is 20.1 Å². The van der Waals surface area contributed by atoms with E-state index in [1.807, 2.05) is 6.92 Å². The number of oxazole rings is 1. The van der Waals surface area contributed by atoms with Gasteiger partial charge in [-0.2, -0.15) is 0 Å². The minimum absolute atomic E-state index is 0.0736. The van der Waals surface area contributed by atoms with Crippen molar-refractivity contribution in [2.45, 2.75) is 50.7 Å². The van der Waals surface area contributed by atoms with Gasteiger partial charge in [-0.05, 0) is 19.8 Å². The summed E-state index contributed by atoms with van der Waals surface area (Å²) in [5.74, 6) is 1.69. The van der Waals surface area contributed by atoms with Gasteiger partial charge >= 0.3 is 0 Å². The Labute approximate surface area is 138 Å². The van der Waals surface area contributed by atoms with Crippen molar-refractivity contribution in [2.75, 3.05) is 31.7 Å². The lowest BCUT2D eigenvalue weighted by Gasteiger charge is -2.47. The van der Waals surface area contributed by atoms with Crippen LogP contribution in [-0.4, -0.2) is 56.1 Å². The summed E-state index contributed by atoms with van der Waals surface area (Å²) in [5, 5.41) is 0. The van der Waals surface area contributed by atoms with Crippen molar-refractivity contribution in [3.63, 3.8) is 0 Å². The highest BCUT2D eigenvalue weighted by Crippen LogP contribution is 2.42. The van der Waals surface area contributed by atoms with Gasteiger partial charge in [0.1, 0.15) is 15.6 Å². The number of sulfone groups is 1. The first-order valence-electron chi connectivity index (χ1n) is 8.36. The first-order valence-corrected chi connectivity index (χ1v) is 10.4. The first-order chi connectivity index (χ1) is 10.9. The Morgan fingerprint density at radius 1 is 1.35 bits per heavy atom. The van der Waals surface area contributed by atoms with Crippen molar-refractivity contribution in [2.24, 2.45) is 0 Å². The second-order valence-corrected chi connectivity index (χ2v) is 9.08. The van der Waals surface area contributed by atoms with E-state index < -0.39 is 9.84 Å². The molecule has 2 fully saturated rings. The van der Waals surface area contributed by atoms with Crippen LogP contribution in [0.4, 0.5) is 0 Å². The summed E-state index contributed by atoms with van der Waals surface area (Å²) in [5.41, 5.74) is -0.202. The predicted molar refractivity (Wildman–Crippen MR) is 87.0 cm³/mol.